The molecule has 1 fully saturated rings. The van der Waals surface area contributed by atoms with Crippen LogP contribution in [-0.2, 0) is 19.4 Å². The number of hydrogen-bond donors (Lipinski definition) is 1. The zero-order chi connectivity index (χ0) is 13.2. The molecule has 2 heterocycles. The molecule has 1 aliphatic carbocycles. The van der Waals surface area contributed by atoms with Crippen LogP contribution in [-0.4, -0.2) is 40.0 Å². The number of aromatic nitrogens is 2. The Morgan fingerprint density at radius 2 is 2.37 bits per heavy atom. The first-order valence-corrected chi connectivity index (χ1v) is 7.32. The molecule has 0 atom stereocenters. The second-order valence-corrected chi connectivity index (χ2v) is 5.63. The molecular weight excluding hydrogens is 238 g/mol. The highest BCUT2D eigenvalue weighted by Gasteiger charge is 2.27. The topological polar surface area (TPSA) is 59.4 Å². The van der Waals surface area contributed by atoms with Gasteiger partial charge in [-0.1, -0.05) is 0 Å². The molecule has 0 amide bonds. The van der Waals surface area contributed by atoms with E-state index in [0.717, 1.165) is 31.6 Å². The van der Waals surface area contributed by atoms with Gasteiger partial charge in [0.2, 0.25) is 0 Å². The molecule has 19 heavy (non-hydrogen) atoms. The van der Waals surface area contributed by atoms with E-state index in [0.29, 0.717) is 12.0 Å². The molecule has 0 spiro atoms. The third-order valence-electron chi connectivity index (χ3n) is 4.06. The summed E-state index contributed by atoms with van der Waals surface area (Å²) in [4.78, 5) is 11.2. The van der Waals surface area contributed by atoms with Crippen LogP contribution in [0, 0.1) is 0 Å². The Bertz CT molecular complexity index is 449. The molecular formula is C14H23N5. The first-order chi connectivity index (χ1) is 9.24. The second kappa shape index (κ2) is 5.23. The van der Waals surface area contributed by atoms with Gasteiger partial charge < -0.3 is 15.2 Å². The normalized spacial score (nSPS) is 19.3. The fraction of sp³-hybridized carbons (Fsp3) is 0.714. The minimum Gasteiger partial charge on any atom is -0.370 e. The molecule has 1 aliphatic heterocycles. The predicted octanol–water partition coefficient (Wildman–Crippen LogP) is 1.17. The number of hydrogen-bond acceptors (Lipinski definition) is 2. The fourth-order valence-electron chi connectivity index (χ4n) is 2.64. The molecule has 104 valence electrons. The van der Waals surface area contributed by atoms with Gasteiger partial charge in [-0.25, -0.2) is 4.98 Å². The number of guanidine groups is 1. The van der Waals surface area contributed by atoms with Crippen molar-refractivity contribution in [1.82, 2.24) is 14.5 Å². The van der Waals surface area contributed by atoms with Gasteiger partial charge in [0.05, 0.1) is 5.69 Å². The summed E-state index contributed by atoms with van der Waals surface area (Å²) in [6.07, 6.45) is 9.24. The lowest BCUT2D eigenvalue weighted by atomic mass is 10.2. The van der Waals surface area contributed by atoms with Crippen molar-refractivity contribution in [3.8, 4) is 0 Å². The van der Waals surface area contributed by atoms with Crippen molar-refractivity contribution in [1.29, 1.82) is 0 Å². The number of fused-ring (bicyclic) bond motifs is 1. The van der Waals surface area contributed by atoms with E-state index in [1.54, 1.807) is 0 Å². The number of aryl methyl sites for hydroxylation is 2. The highest BCUT2D eigenvalue weighted by molar-refractivity contribution is 5.78. The van der Waals surface area contributed by atoms with Gasteiger partial charge in [0, 0.05) is 45.2 Å². The molecule has 3 rings (SSSR count). The van der Waals surface area contributed by atoms with Gasteiger partial charge in [0.15, 0.2) is 5.96 Å². The molecule has 0 saturated heterocycles. The first-order valence-electron chi connectivity index (χ1n) is 7.32. The van der Waals surface area contributed by atoms with E-state index in [2.05, 4.69) is 25.6 Å². The largest absolute Gasteiger partial charge is 0.370 e. The second-order valence-electron chi connectivity index (χ2n) is 5.63. The van der Waals surface area contributed by atoms with Gasteiger partial charge in [-0.15, -0.1) is 0 Å². The van der Waals surface area contributed by atoms with Gasteiger partial charge >= 0.3 is 0 Å². The van der Waals surface area contributed by atoms with Crippen LogP contribution in [0.4, 0.5) is 0 Å². The van der Waals surface area contributed by atoms with Crippen LogP contribution in [0.2, 0.25) is 0 Å². The van der Waals surface area contributed by atoms with Crippen molar-refractivity contribution in [2.24, 2.45) is 10.7 Å². The molecule has 0 aromatic carbocycles. The number of aliphatic imine (C=N–C) groups is 1. The molecule has 0 unspecified atom stereocenters. The summed E-state index contributed by atoms with van der Waals surface area (Å²) >= 11 is 0. The van der Waals surface area contributed by atoms with E-state index in [1.807, 2.05) is 7.05 Å². The zero-order valence-corrected chi connectivity index (χ0v) is 11.7. The summed E-state index contributed by atoms with van der Waals surface area (Å²) in [6.45, 7) is 1.86. The molecule has 1 aromatic rings. The van der Waals surface area contributed by atoms with Gasteiger partial charge in [-0.2, -0.15) is 0 Å². The zero-order valence-electron chi connectivity index (χ0n) is 11.7. The first kappa shape index (κ1) is 12.5. The van der Waals surface area contributed by atoms with Crippen molar-refractivity contribution >= 4 is 5.96 Å². The quantitative estimate of drug-likeness (QED) is 0.654. The van der Waals surface area contributed by atoms with Gasteiger partial charge in [-0.05, 0) is 25.7 Å². The highest BCUT2D eigenvalue weighted by Crippen LogP contribution is 2.24. The van der Waals surface area contributed by atoms with E-state index in [1.165, 1.54) is 31.5 Å². The summed E-state index contributed by atoms with van der Waals surface area (Å²) in [7, 11) is 2.03. The van der Waals surface area contributed by atoms with Gasteiger partial charge in [0.1, 0.15) is 5.82 Å². The minimum atomic E-state index is 0.628. The van der Waals surface area contributed by atoms with Crippen molar-refractivity contribution in [3.05, 3.63) is 17.7 Å². The summed E-state index contributed by atoms with van der Waals surface area (Å²) < 4.78 is 2.29. The Hall–Kier alpha value is -1.52. The number of nitrogens with two attached hydrogens (primary N) is 1. The van der Waals surface area contributed by atoms with Crippen LogP contribution in [0.1, 0.15) is 37.2 Å². The van der Waals surface area contributed by atoms with Crippen LogP contribution >= 0.6 is 0 Å². The Morgan fingerprint density at radius 3 is 3.11 bits per heavy atom. The lowest BCUT2D eigenvalue weighted by Crippen LogP contribution is -2.35. The van der Waals surface area contributed by atoms with Crippen molar-refractivity contribution < 1.29 is 0 Å². The van der Waals surface area contributed by atoms with E-state index in [9.17, 15) is 0 Å². The lowest BCUT2D eigenvalue weighted by Gasteiger charge is -2.16. The summed E-state index contributed by atoms with van der Waals surface area (Å²) in [5.74, 6) is 1.92. The molecule has 5 heteroatoms. The summed E-state index contributed by atoms with van der Waals surface area (Å²) in [5, 5.41) is 0. The Labute approximate surface area is 114 Å². The predicted molar refractivity (Wildman–Crippen MR) is 76.1 cm³/mol. The molecule has 1 saturated carbocycles. The standard InChI is InChI=1S/C14H23N5/c1-18(12-5-6-12)14(15)16-8-7-11-10-19-9-3-2-4-13(19)17-11/h10,12H,2-9H2,1H3,(H2,15,16). The molecule has 5 nitrogen and oxygen atoms in total. The summed E-state index contributed by atoms with van der Waals surface area (Å²) in [6, 6.07) is 0.628. The molecule has 0 bridgehead atoms. The van der Waals surface area contributed by atoms with E-state index >= 15 is 0 Å². The van der Waals surface area contributed by atoms with Crippen LogP contribution < -0.4 is 5.73 Å². The van der Waals surface area contributed by atoms with Gasteiger partial charge in [-0.3, -0.25) is 4.99 Å². The number of imidazole rings is 1. The lowest BCUT2D eigenvalue weighted by molar-refractivity contribution is 0.487. The van der Waals surface area contributed by atoms with Crippen LogP contribution in [0.3, 0.4) is 0 Å². The van der Waals surface area contributed by atoms with Crippen molar-refractivity contribution in [3.63, 3.8) is 0 Å². The third-order valence-corrected chi connectivity index (χ3v) is 4.06. The molecule has 2 N–H and O–H groups in total. The molecule has 0 radical (unpaired) electrons. The van der Waals surface area contributed by atoms with Gasteiger partial charge in [0.25, 0.3) is 0 Å². The van der Waals surface area contributed by atoms with E-state index in [-0.39, 0.29) is 0 Å². The maximum atomic E-state index is 5.97. The van der Waals surface area contributed by atoms with E-state index < -0.39 is 0 Å². The monoisotopic (exact) mass is 261 g/mol. The number of nitrogens with zero attached hydrogens (tertiary/aromatic N) is 4. The van der Waals surface area contributed by atoms with Crippen LogP contribution in [0.15, 0.2) is 11.2 Å². The average molecular weight is 261 g/mol. The fourth-order valence-corrected chi connectivity index (χ4v) is 2.64. The van der Waals surface area contributed by atoms with Crippen LogP contribution in [0.25, 0.3) is 0 Å². The average Bonchev–Trinajstić information content (AvgIpc) is 3.17. The summed E-state index contributed by atoms with van der Waals surface area (Å²) in [5.41, 5.74) is 7.13. The Balaban J connectivity index is 1.54. The van der Waals surface area contributed by atoms with E-state index in [4.69, 9.17) is 5.73 Å². The highest BCUT2D eigenvalue weighted by atomic mass is 15.3. The van der Waals surface area contributed by atoms with Crippen molar-refractivity contribution in [2.45, 2.75) is 51.1 Å². The minimum absolute atomic E-state index is 0.628. The van der Waals surface area contributed by atoms with Crippen molar-refractivity contribution in [2.75, 3.05) is 13.6 Å². The smallest absolute Gasteiger partial charge is 0.191 e. The SMILES string of the molecule is CN(C(N)=NCCc1cn2c(n1)CCCC2)C1CC1. The Kier molecular flexibility index (Phi) is 3.44. The maximum absolute atomic E-state index is 5.97. The number of rotatable bonds is 4. The third kappa shape index (κ3) is 2.91. The molecule has 2 aliphatic rings. The van der Waals surface area contributed by atoms with Crippen LogP contribution in [0.5, 0.6) is 0 Å². The molecule has 1 aromatic heterocycles. The Morgan fingerprint density at radius 1 is 1.53 bits per heavy atom. The maximum Gasteiger partial charge on any atom is 0.191 e.